The van der Waals surface area contributed by atoms with Crippen molar-refractivity contribution in [3.05, 3.63) is 48.6 Å². The highest BCUT2D eigenvalue weighted by atomic mass is 16.4. The van der Waals surface area contributed by atoms with E-state index in [2.05, 4.69) is 18.2 Å². The van der Waals surface area contributed by atoms with Gasteiger partial charge in [0.25, 0.3) is 0 Å². The lowest BCUT2D eigenvalue weighted by Gasteiger charge is -2.29. The molecule has 0 aromatic rings. The molecule has 0 fully saturated rings. The summed E-state index contributed by atoms with van der Waals surface area (Å²) in [7, 11) is -1.27. The summed E-state index contributed by atoms with van der Waals surface area (Å²) in [6.45, 7) is 0. The molecule has 2 aliphatic rings. The Bertz CT molecular complexity index is 329. The highest BCUT2D eigenvalue weighted by Crippen LogP contribution is 2.36. The quantitative estimate of drug-likeness (QED) is 0.669. The van der Waals surface area contributed by atoms with Crippen LogP contribution in [0.5, 0.6) is 0 Å². The van der Waals surface area contributed by atoms with E-state index in [0.717, 1.165) is 6.42 Å². The zero-order valence-electron chi connectivity index (χ0n) is 8.53. The molecule has 0 aliphatic heterocycles. The van der Waals surface area contributed by atoms with Crippen molar-refractivity contribution in [2.45, 2.75) is 12.2 Å². The average molecular weight is 202 g/mol. The number of allylic oxidation sites excluding steroid dienone is 8. The highest BCUT2D eigenvalue weighted by molar-refractivity contribution is 6.44. The molecule has 78 valence electrons. The summed E-state index contributed by atoms with van der Waals surface area (Å²) in [5.41, 5.74) is 0. The van der Waals surface area contributed by atoms with Gasteiger partial charge in [0.05, 0.1) is 0 Å². The summed E-state index contributed by atoms with van der Waals surface area (Å²) in [5, 5.41) is 18.6. The summed E-state index contributed by atoms with van der Waals surface area (Å²) in [6.07, 6.45) is 17.1. The maximum atomic E-state index is 9.31. The van der Waals surface area contributed by atoms with Gasteiger partial charge in [-0.3, -0.25) is 0 Å². The van der Waals surface area contributed by atoms with Crippen LogP contribution in [-0.4, -0.2) is 17.2 Å². The molecule has 3 unspecified atom stereocenters. The van der Waals surface area contributed by atoms with Crippen LogP contribution in [0.4, 0.5) is 0 Å². The van der Waals surface area contributed by atoms with E-state index in [1.807, 2.05) is 30.4 Å². The van der Waals surface area contributed by atoms with Crippen LogP contribution in [0, 0.1) is 11.8 Å². The highest BCUT2D eigenvalue weighted by Gasteiger charge is 2.33. The third kappa shape index (κ3) is 2.30. The molecular formula is C12H15BO2. The summed E-state index contributed by atoms with van der Waals surface area (Å²) < 4.78 is 0. The number of hydrogen-bond acceptors (Lipinski definition) is 2. The first-order chi connectivity index (χ1) is 7.29. The van der Waals surface area contributed by atoms with Crippen molar-refractivity contribution in [1.82, 2.24) is 0 Å². The Morgan fingerprint density at radius 1 is 0.933 bits per heavy atom. The second-order valence-corrected chi connectivity index (χ2v) is 4.05. The van der Waals surface area contributed by atoms with Gasteiger partial charge in [-0.1, -0.05) is 48.6 Å². The van der Waals surface area contributed by atoms with Crippen LogP contribution >= 0.6 is 0 Å². The molecule has 0 saturated carbocycles. The topological polar surface area (TPSA) is 40.5 Å². The molecule has 2 rings (SSSR count). The minimum atomic E-state index is -1.27. The first kappa shape index (κ1) is 10.5. The number of hydrogen-bond donors (Lipinski definition) is 2. The van der Waals surface area contributed by atoms with Crippen molar-refractivity contribution >= 4 is 7.12 Å². The van der Waals surface area contributed by atoms with E-state index in [0.29, 0.717) is 5.92 Å². The fraction of sp³-hybridized carbons (Fsp3) is 0.333. The van der Waals surface area contributed by atoms with Crippen molar-refractivity contribution < 1.29 is 10.0 Å². The zero-order chi connectivity index (χ0) is 10.7. The van der Waals surface area contributed by atoms with E-state index < -0.39 is 7.12 Å². The van der Waals surface area contributed by atoms with Crippen LogP contribution in [0.25, 0.3) is 0 Å². The molecule has 2 aliphatic carbocycles. The molecule has 0 aromatic carbocycles. The SMILES string of the molecule is OB(O)C1C=CC=CC1C1C=CC=CC1. The van der Waals surface area contributed by atoms with Gasteiger partial charge in [0.15, 0.2) is 0 Å². The van der Waals surface area contributed by atoms with Crippen LogP contribution in [0.2, 0.25) is 5.82 Å². The Labute approximate surface area is 90.5 Å². The Kier molecular flexibility index (Phi) is 3.24. The van der Waals surface area contributed by atoms with Gasteiger partial charge in [0.1, 0.15) is 0 Å². The summed E-state index contributed by atoms with van der Waals surface area (Å²) >= 11 is 0. The van der Waals surface area contributed by atoms with Gasteiger partial charge in [-0.15, -0.1) is 0 Å². The molecular weight excluding hydrogens is 187 g/mol. The molecule has 15 heavy (non-hydrogen) atoms. The lowest BCUT2D eigenvalue weighted by molar-refractivity contribution is 0.356. The second-order valence-electron chi connectivity index (χ2n) is 4.05. The molecule has 0 bridgehead atoms. The van der Waals surface area contributed by atoms with E-state index in [-0.39, 0.29) is 11.7 Å². The monoisotopic (exact) mass is 202 g/mol. The third-order valence-corrected chi connectivity index (χ3v) is 3.07. The molecule has 0 spiro atoms. The molecule has 0 saturated heterocycles. The van der Waals surface area contributed by atoms with Crippen molar-refractivity contribution in [1.29, 1.82) is 0 Å². The van der Waals surface area contributed by atoms with E-state index in [9.17, 15) is 10.0 Å². The van der Waals surface area contributed by atoms with Crippen LogP contribution < -0.4 is 0 Å². The predicted molar refractivity (Wildman–Crippen MR) is 62.1 cm³/mol. The summed E-state index contributed by atoms with van der Waals surface area (Å²) in [6, 6.07) is 0. The van der Waals surface area contributed by atoms with Gasteiger partial charge < -0.3 is 10.0 Å². The van der Waals surface area contributed by atoms with Gasteiger partial charge in [-0.05, 0) is 18.3 Å². The fourth-order valence-corrected chi connectivity index (χ4v) is 2.25. The molecule has 0 radical (unpaired) electrons. The van der Waals surface area contributed by atoms with Gasteiger partial charge in [-0.2, -0.15) is 0 Å². The van der Waals surface area contributed by atoms with E-state index in [4.69, 9.17) is 0 Å². The summed E-state index contributed by atoms with van der Waals surface area (Å²) in [5.74, 6) is 0.385. The largest absolute Gasteiger partial charge is 0.459 e. The average Bonchev–Trinajstić information content (AvgIpc) is 2.30. The van der Waals surface area contributed by atoms with Gasteiger partial charge in [-0.25, -0.2) is 0 Å². The van der Waals surface area contributed by atoms with Crippen LogP contribution in [0.3, 0.4) is 0 Å². The van der Waals surface area contributed by atoms with Gasteiger partial charge in [0.2, 0.25) is 0 Å². The Balaban J connectivity index is 2.12. The predicted octanol–water partition coefficient (Wildman–Crippen LogP) is 1.70. The van der Waals surface area contributed by atoms with E-state index in [1.54, 1.807) is 0 Å². The lowest BCUT2D eigenvalue weighted by Crippen LogP contribution is -2.29. The van der Waals surface area contributed by atoms with Gasteiger partial charge >= 0.3 is 7.12 Å². The van der Waals surface area contributed by atoms with E-state index in [1.165, 1.54) is 0 Å². The van der Waals surface area contributed by atoms with E-state index >= 15 is 0 Å². The minimum absolute atomic E-state index is 0.184. The molecule has 0 aromatic heterocycles. The second kappa shape index (κ2) is 4.64. The molecule has 0 amide bonds. The maximum Gasteiger partial charge on any atom is 0.459 e. The van der Waals surface area contributed by atoms with Crippen LogP contribution in [0.15, 0.2) is 48.6 Å². The van der Waals surface area contributed by atoms with Gasteiger partial charge in [0, 0.05) is 5.82 Å². The Morgan fingerprint density at radius 2 is 1.67 bits per heavy atom. The van der Waals surface area contributed by atoms with Crippen molar-refractivity contribution in [3.63, 3.8) is 0 Å². The lowest BCUT2D eigenvalue weighted by atomic mass is 9.60. The molecule has 0 heterocycles. The van der Waals surface area contributed by atoms with Crippen LogP contribution in [-0.2, 0) is 0 Å². The van der Waals surface area contributed by atoms with Crippen molar-refractivity contribution in [2.75, 3.05) is 0 Å². The molecule has 3 atom stereocenters. The zero-order valence-corrected chi connectivity index (χ0v) is 8.53. The molecule has 2 N–H and O–H groups in total. The fourth-order valence-electron chi connectivity index (χ4n) is 2.25. The third-order valence-electron chi connectivity index (χ3n) is 3.07. The molecule has 2 nitrogen and oxygen atoms in total. The Hall–Kier alpha value is -1.06. The standard InChI is InChI=1S/C12H15BO2/c14-13(15)12-9-5-4-8-11(12)10-6-2-1-3-7-10/h1-6,8-12,14-15H,7H2. The number of rotatable bonds is 2. The van der Waals surface area contributed by atoms with Crippen molar-refractivity contribution in [3.8, 4) is 0 Å². The van der Waals surface area contributed by atoms with Crippen LogP contribution in [0.1, 0.15) is 6.42 Å². The first-order valence-electron chi connectivity index (χ1n) is 5.33. The maximum absolute atomic E-state index is 9.31. The Morgan fingerprint density at radius 3 is 2.33 bits per heavy atom. The smallest absolute Gasteiger partial charge is 0.427 e. The first-order valence-corrected chi connectivity index (χ1v) is 5.33. The summed E-state index contributed by atoms with van der Waals surface area (Å²) in [4.78, 5) is 0. The normalized spacial score (nSPS) is 33.3. The van der Waals surface area contributed by atoms with Crippen molar-refractivity contribution in [2.24, 2.45) is 11.8 Å². The minimum Gasteiger partial charge on any atom is -0.427 e. The molecule has 3 heteroatoms.